The predicted molar refractivity (Wildman–Crippen MR) is 67.9 cm³/mol. The monoisotopic (exact) mass is 224 g/mol. The third kappa shape index (κ3) is 3.00. The van der Waals surface area contributed by atoms with Crippen LogP contribution >= 0.6 is 0 Å². The van der Waals surface area contributed by atoms with E-state index >= 15 is 0 Å². The van der Waals surface area contributed by atoms with Gasteiger partial charge >= 0.3 is 0 Å². The van der Waals surface area contributed by atoms with Crippen molar-refractivity contribution < 1.29 is 0 Å². The average Bonchev–Trinajstić information content (AvgIpc) is 2.53. The third-order valence-electron chi connectivity index (χ3n) is 2.84. The smallest absolute Gasteiger partial charge is 0.269 e. The highest BCUT2D eigenvalue weighted by atomic mass is 16.1. The van der Waals surface area contributed by atoms with E-state index in [1.165, 1.54) is 0 Å². The molecule has 0 saturated heterocycles. The minimum atomic E-state index is 0.194. The van der Waals surface area contributed by atoms with Crippen molar-refractivity contribution in [2.45, 2.75) is 59.9 Å². The Kier molecular flexibility index (Phi) is 4.84. The molecule has 0 aliphatic heterocycles. The molecule has 1 N–H and O–H groups in total. The second-order valence-corrected chi connectivity index (χ2v) is 4.83. The van der Waals surface area contributed by atoms with Crippen molar-refractivity contribution in [3.8, 4) is 0 Å². The van der Waals surface area contributed by atoms with Gasteiger partial charge in [-0.1, -0.05) is 34.1 Å². The Balaban J connectivity index is 2.96. The second-order valence-electron chi connectivity index (χ2n) is 4.83. The summed E-state index contributed by atoms with van der Waals surface area (Å²) < 4.78 is 1.78. The Labute approximate surface area is 97.8 Å². The van der Waals surface area contributed by atoms with Crippen LogP contribution in [0.15, 0.2) is 4.79 Å². The quantitative estimate of drug-likeness (QED) is 0.792. The summed E-state index contributed by atoms with van der Waals surface area (Å²) in [6.45, 7) is 9.37. The van der Waals surface area contributed by atoms with Gasteiger partial charge in [0, 0.05) is 17.8 Å². The maximum absolute atomic E-state index is 12.1. The largest absolute Gasteiger partial charge is 0.299 e. The van der Waals surface area contributed by atoms with Crippen LogP contribution < -0.4 is 5.56 Å². The van der Waals surface area contributed by atoms with E-state index in [0.29, 0.717) is 5.92 Å². The third-order valence-corrected chi connectivity index (χ3v) is 2.84. The lowest BCUT2D eigenvalue weighted by molar-refractivity contribution is 0.550. The first kappa shape index (κ1) is 13.1. The molecule has 0 radical (unpaired) electrons. The van der Waals surface area contributed by atoms with Gasteiger partial charge in [0.1, 0.15) is 0 Å². The zero-order valence-electron chi connectivity index (χ0n) is 11.0. The van der Waals surface area contributed by atoms with Gasteiger partial charge in [-0.15, -0.1) is 0 Å². The van der Waals surface area contributed by atoms with Crippen molar-refractivity contribution in [1.82, 2.24) is 9.78 Å². The van der Waals surface area contributed by atoms with Crippen LogP contribution in [0.4, 0.5) is 0 Å². The molecule has 0 saturated carbocycles. The minimum Gasteiger partial charge on any atom is -0.299 e. The highest BCUT2D eigenvalue weighted by Crippen LogP contribution is 2.09. The molecule has 3 heteroatoms. The summed E-state index contributed by atoms with van der Waals surface area (Å²) in [6.07, 6.45) is 3.98. The first-order valence-corrected chi connectivity index (χ1v) is 6.40. The Hall–Kier alpha value is -0.990. The van der Waals surface area contributed by atoms with E-state index < -0.39 is 0 Å². The molecular weight excluding hydrogens is 200 g/mol. The Morgan fingerprint density at radius 2 is 2.00 bits per heavy atom. The summed E-state index contributed by atoms with van der Waals surface area (Å²) in [5.41, 5.74) is 2.31. The van der Waals surface area contributed by atoms with E-state index in [9.17, 15) is 4.79 Å². The van der Waals surface area contributed by atoms with E-state index in [2.05, 4.69) is 32.8 Å². The second kappa shape index (κ2) is 5.92. The van der Waals surface area contributed by atoms with Gasteiger partial charge < -0.3 is 0 Å². The number of aromatic amines is 1. The lowest BCUT2D eigenvalue weighted by Gasteiger charge is -2.02. The summed E-state index contributed by atoms with van der Waals surface area (Å²) in [4.78, 5) is 12.1. The van der Waals surface area contributed by atoms with E-state index in [1.807, 2.05) is 0 Å². The van der Waals surface area contributed by atoms with Gasteiger partial charge in [-0.2, -0.15) is 0 Å². The SMILES string of the molecule is CCCCn1[nH]c(CC)c(CC(C)C)c1=O. The van der Waals surface area contributed by atoms with E-state index in [1.54, 1.807) is 4.68 Å². The molecule has 0 aromatic carbocycles. The van der Waals surface area contributed by atoms with Crippen LogP contribution in [-0.4, -0.2) is 9.78 Å². The first-order chi connectivity index (χ1) is 7.60. The van der Waals surface area contributed by atoms with Crippen molar-refractivity contribution in [2.75, 3.05) is 0 Å². The van der Waals surface area contributed by atoms with Crippen molar-refractivity contribution in [2.24, 2.45) is 5.92 Å². The molecule has 0 aliphatic rings. The molecule has 0 atom stereocenters. The van der Waals surface area contributed by atoms with Gasteiger partial charge in [-0.25, -0.2) is 0 Å². The minimum absolute atomic E-state index is 0.194. The van der Waals surface area contributed by atoms with Gasteiger partial charge in [-0.3, -0.25) is 14.6 Å². The summed E-state index contributed by atoms with van der Waals surface area (Å²) in [5, 5.41) is 3.24. The van der Waals surface area contributed by atoms with Crippen molar-refractivity contribution in [3.05, 3.63) is 21.6 Å². The van der Waals surface area contributed by atoms with Gasteiger partial charge in [0.05, 0.1) is 0 Å². The van der Waals surface area contributed by atoms with Crippen LogP contribution in [0.1, 0.15) is 51.8 Å². The van der Waals surface area contributed by atoms with Gasteiger partial charge in [0.2, 0.25) is 0 Å². The summed E-state index contributed by atoms with van der Waals surface area (Å²) in [6, 6.07) is 0. The lowest BCUT2D eigenvalue weighted by Crippen LogP contribution is -2.20. The molecule has 0 unspecified atom stereocenters. The number of aromatic nitrogens is 2. The fourth-order valence-corrected chi connectivity index (χ4v) is 1.96. The molecule has 0 fully saturated rings. The normalized spacial score (nSPS) is 11.3. The molecule has 0 bridgehead atoms. The first-order valence-electron chi connectivity index (χ1n) is 6.40. The molecule has 92 valence electrons. The molecule has 1 aromatic rings. The molecule has 0 amide bonds. The molecule has 0 spiro atoms. The van der Waals surface area contributed by atoms with Gasteiger partial charge in [-0.05, 0) is 25.2 Å². The highest BCUT2D eigenvalue weighted by Gasteiger charge is 2.13. The Bertz CT molecular complexity index is 374. The van der Waals surface area contributed by atoms with Crippen LogP contribution in [0.25, 0.3) is 0 Å². The zero-order valence-corrected chi connectivity index (χ0v) is 11.0. The highest BCUT2D eigenvalue weighted by molar-refractivity contribution is 5.18. The molecule has 1 aromatic heterocycles. The fraction of sp³-hybridized carbons (Fsp3) is 0.769. The van der Waals surface area contributed by atoms with E-state index in [4.69, 9.17) is 0 Å². The number of nitrogens with one attached hydrogen (secondary N) is 1. The predicted octanol–water partition coefficient (Wildman–Crippen LogP) is 2.74. The number of nitrogens with zero attached hydrogens (tertiary/aromatic N) is 1. The van der Waals surface area contributed by atoms with E-state index in [0.717, 1.165) is 43.5 Å². The summed E-state index contributed by atoms with van der Waals surface area (Å²) in [5.74, 6) is 0.536. The number of aryl methyl sites for hydroxylation is 2. The van der Waals surface area contributed by atoms with Crippen molar-refractivity contribution in [3.63, 3.8) is 0 Å². The summed E-state index contributed by atoms with van der Waals surface area (Å²) in [7, 11) is 0. The topological polar surface area (TPSA) is 37.8 Å². The van der Waals surface area contributed by atoms with Gasteiger partial charge in [0.25, 0.3) is 5.56 Å². The van der Waals surface area contributed by atoms with Crippen LogP contribution in [0.3, 0.4) is 0 Å². The fourth-order valence-electron chi connectivity index (χ4n) is 1.96. The van der Waals surface area contributed by atoms with E-state index in [-0.39, 0.29) is 5.56 Å². The van der Waals surface area contributed by atoms with Crippen molar-refractivity contribution >= 4 is 0 Å². The van der Waals surface area contributed by atoms with Crippen molar-refractivity contribution in [1.29, 1.82) is 0 Å². The Morgan fingerprint density at radius 3 is 2.50 bits per heavy atom. The number of hydrogen-bond acceptors (Lipinski definition) is 1. The van der Waals surface area contributed by atoms with Gasteiger partial charge in [0.15, 0.2) is 0 Å². The molecule has 1 heterocycles. The summed E-state index contributed by atoms with van der Waals surface area (Å²) >= 11 is 0. The van der Waals surface area contributed by atoms with Crippen LogP contribution in [0, 0.1) is 5.92 Å². The molecular formula is C13H24N2O. The number of unbranched alkanes of at least 4 members (excludes halogenated alkanes) is 1. The number of hydrogen-bond donors (Lipinski definition) is 1. The molecule has 3 nitrogen and oxygen atoms in total. The Morgan fingerprint density at radius 1 is 1.31 bits per heavy atom. The number of rotatable bonds is 6. The lowest BCUT2D eigenvalue weighted by atomic mass is 10.0. The maximum atomic E-state index is 12.1. The average molecular weight is 224 g/mol. The van der Waals surface area contributed by atoms with Crippen LogP contribution in [0.5, 0.6) is 0 Å². The molecule has 0 aliphatic carbocycles. The van der Waals surface area contributed by atoms with Crippen LogP contribution in [-0.2, 0) is 19.4 Å². The standard InChI is InChI=1S/C13H24N2O/c1-5-7-8-15-13(16)11(9-10(3)4)12(6-2)14-15/h10,14H,5-9H2,1-4H3. The zero-order chi connectivity index (χ0) is 12.1. The number of H-pyrrole nitrogens is 1. The molecule has 1 rings (SSSR count). The molecule has 16 heavy (non-hydrogen) atoms. The van der Waals surface area contributed by atoms with Crippen LogP contribution in [0.2, 0.25) is 0 Å². The maximum Gasteiger partial charge on any atom is 0.269 e.